The maximum absolute atomic E-state index is 11.1. The molecule has 0 aliphatic carbocycles. The molecule has 0 fully saturated rings. The zero-order valence-electron chi connectivity index (χ0n) is 7.78. The molecule has 5 nitrogen and oxygen atoms in total. The van der Waals surface area contributed by atoms with Gasteiger partial charge < -0.3 is 14.3 Å². The van der Waals surface area contributed by atoms with Crippen LogP contribution in [-0.4, -0.2) is 31.2 Å². The summed E-state index contributed by atoms with van der Waals surface area (Å²) in [4.78, 5) is 15.9. The van der Waals surface area contributed by atoms with Gasteiger partial charge >= 0.3 is 5.97 Å². The van der Waals surface area contributed by atoms with E-state index in [-0.39, 0.29) is 0 Å². The van der Waals surface area contributed by atoms with Crippen molar-refractivity contribution in [1.82, 2.24) is 0 Å². The third kappa shape index (κ3) is 2.69. The zero-order chi connectivity index (χ0) is 9.68. The minimum atomic E-state index is -0.426. The fourth-order valence-corrected chi connectivity index (χ4v) is 0.965. The van der Waals surface area contributed by atoms with E-state index in [0.717, 1.165) is 0 Å². The second-order valence-corrected chi connectivity index (χ2v) is 2.45. The Labute approximate surface area is 76.6 Å². The lowest BCUT2D eigenvalue weighted by atomic mass is 10.3. The van der Waals surface area contributed by atoms with E-state index in [9.17, 15) is 4.79 Å². The Morgan fingerprint density at radius 3 is 3.00 bits per heavy atom. The molecule has 1 aliphatic rings. The molecule has 13 heavy (non-hydrogen) atoms. The van der Waals surface area contributed by atoms with Crippen LogP contribution in [-0.2, 0) is 19.1 Å². The molecule has 74 valence electrons. The largest absolute Gasteiger partial charge is 0.461 e. The molecule has 1 unspecified atom stereocenters. The molecule has 1 rings (SSSR count). The molecule has 0 bridgehead atoms. The second kappa shape index (κ2) is 4.81. The van der Waals surface area contributed by atoms with Crippen molar-refractivity contribution in [3.63, 3.8) is 0 Å². The molecule has 0 saturated carbocycles. The molecule has 0 aromatic rings. The molecule has 0 aromatic carbocycles. The molecule has 0 N–H and O–H groups in total. The lowest BCUT2D eigenvalue weighted by molar-refractivity contribution is -0.135. The number of ether oxygens (including phenoxy) is 2. The fraction of sp³-hybridized carbons (Fsp3) is 0.750. The van der Waals surface area contributed by atoms with E-state index in [2.05, 4.69) is 5.16 Å². The van der Waals surface area contributed by atoms with Gasteiger partial charge in [-0.05, 0) is 13.8 Å². The topological polar surface area (TPSA) is 57.1 Å². The smallest absolute Gasteiger partial charge is 0.356 e. The average Bonchev–Trinajstić information content (AvgIpc) is 2.54. The van der Waals surface area contributed by atoms with Gasteiger partial charge in [0.15, 0.2) is 5.71 Å². The normalized spacial score (nSPS) is 20.8. The summed E-state index contributed by atoms with van der Waals surface area (Å²) in [5, 5.41) is 3.57. The van der Waals surface area contributed by atoms with Gasteiger partial charge in [0.25, 0.3) is 0 Å². The maximum atomic E-state index is 11.1. The molecule has 0 amide bonds. The molecular weight excluding hydrogens is 174 g/mol. The van der Waals surface area contributed by atoms with E-state index >= 15 is 0 Å². The lowest BCUT2D eigenvalue weighted by Crippen LogP contribution is -2.19. The Morgan fingerprint density at radius 2 is 2.38 bits per heavy atom. The van der Waals surface area contributed by atoms with Crippen molar-refractivity contribution >= 4 is 11.7 Å². The zero-order valence-corrected chi connectivity index (χ0v) is 7.78. The maximum Gasteiger partial charge on any atom is 0.356 e. The van der Waals surface area contributed by atoms with Crippen molar-refractivity contribution in [2.24, 2.45) is 5.16 Å². The first-order valence-electron chi connectivity index (χ1n) is 4.29. The molecule has 1 heterocycles. The van der Waals surface area contributed by atoms with Crippen molar-refractivity contribution in [2.75, 3.05) is 13.2 Å². The summed E-state index contributed by atoms with van der Waals surface area (Å²) in [6.07, 6.45) is -0.0587. The van der Waals surface area contributed by atoms with Gasteiger partial charge in [-0.1, -0.05) is 5.16 Å². The molecule has 0 aromatic heterocycles. The van der Waals surface area contributed by atoms with E-state index in [1.165, 1.54) is 0 Å². The fourth-order valence-electron chi connectivity index (χ4n) is 0.965. The Hall–Kier alpha value is -1.10. The van der Waals surface area contributed by atoms with Crippen molar-refractivity contribution in [3.8, 4) is 0 Å². The summed E-state index contributed by atoms with van der Waals surface area (Å²) in [5.74, 6) is -0.426. The van der Waals surface area contributed by atoms with Gasteiger partial charge in [0, 0.05) is 6.61 Å². The number of nitrogens with zero attached hydrogens (tertiary/aromatic N) is 1. The molecule has 0 saturated heterocycles. The van der Waals surface area contributed by atoms with E-state index in [4.69, 9.17) is 14.3 Å². The standard InChI is InChI=1S/C8H13NO4/c1-3-11-7-5-6(9-13-7)8(10)12-4-2/h7H,3-5H2,1-2H3. The first-order chi connectivity index (χ1) is 6.27. The number of oxime groups is 1. The Kier molecular flexibility index (Phi) is 3.70. The quantitative estimate of drug-likeness (QED) is 0.607. The van der Waals surface area contributed by atoms with Gasteiger partial charge in [-0.2, -0.15) is 0 Å². The Balaban J connectivity index is 2.34. The molecule has 1 aliphatic heterocycles. The van der Waals surface area contributed by atoms with Gasteiger partial charge in [-0.3, -0.25) is 0 Å². The average molecular weight is 187 g/mol. The first kappa shape index (κ1) is 9.98. The second-order valence-electron chi connectivity index (χ2n) is 2.45. The van der Waals surface area contributed by atoms with Crippen LogP contribution in [0.25, 0.3) is 0 Å². The van der Waals surface area contributed by atoms with E-state index in [1.54, 1.807) is 6.92 Å². The predicted octanol–water partition coefficient (Wildman–Crippen LogP) is 0.688. The van der Waals surface area contributed by atoms with Crippen molar-refractivity contribution < 1.29 is 19.1 Å². The number of hydrogen-bond donors (Lipinski definition) is 0. The molecule has 1 atom stereocenters. The number of rotatable bonds is 4. The van der Waals surface area contributed by atoms with Crippen LogP contribution in [0.1, 0.15) is 20.3 Å². The number of esters is 1. The summed E-state index contributed by atoms with van der Waals surface area (Å²) < 4.78 is 9.86. The van der Waals surface area contributed by atoms with Gasteiger partial charge in [-0.15, -0.1) is 0 Å². The molecule has 0 spiro atoms. The highest BCUT2D eigenvalue weighted by Gasteiger charge is 2.26. The SMILES string of the molecule is CCOC(=O)C1=NOC(OCC)C1. The van der Waals surface area contributed by atoms with Crippen molar-refractivity contribution in [2.45, 2.75) is 26.6 Å². The van der Waals surface area contributed by atoms with Crippen molar-refractivity contribution in [3.05, 3.63) is 0 Å². The van der Waals surface area contributed by atoms with E-state index in [1.807, 2.05) is 6.92 Å². The minimum Gasteiger partial charge on any atom is -0.461 e. The van der Waals surface area contributed by atoms with Crippen LogP contribution in [0.5, 0.6) is 0 Å². The summed E-state index contributed by atoms with van der Waals surface area (Å²) in [7, 11) is 0. The Bertz CT molecular complexity index is 214. The molecule has 5 heteroatoms. The number of carbonyl (C=O) groups is 1. The van der Waals surface area contributed by atoms with Crippen molar-refractivity contribution in [1.29, 1.82) is 0 Å². The highest BCUT2D eigenvalue weighted by atomic mass is 16.8. The first-order valence-corrected chi connectivity index (χ1v) is 4.29. The summed E-state index contributed by atoms with van der Waals surface area (Å²) in [6, 6.07) is 0. The van der Waals surface area contributed by atoms with Crippen LogP contribution >= 0.6 is 0 Å². The number of hydrogen-bond acceptors (Lipinski definition) is 5. The number of carbonyl (C=O) groups excluding carboxylic acids is 1. The highest BCUT2D eigenvalue weighted by molar-refractivity contribution is 6.36. The van der Waals surface area contributed by atoms with Crippen LogP contribution in [0, 0.1) is 0 Å². The third-order valence-electron chi connectivity index (χ3n) is 1.50. The monoisotopic (exact) mass is 187 g/mol. The van der Waals surface area contributed by atoms with Gasteiger partial charge in [0.05, 0.1) is 13.0 Å². The predicted molar refractivity (Wildman–Crippen MR) is 45.2 cm³/mol. The van der Waals surface area contributed by atoms with Crippen LogP contribution < -0.4 is 0 Å². The van der Waals surface area contributed by atoms with Crippen LogP contribution in [0.15, 0.2) is 5.16 Å². The highest BCUT2D eigenvalue weighted by Crippen LogP contribution is 2.12. The third-order valence-corrected chi connectivity index (χ3v) is 1.50. The van der Waals surface area contributed by atoms with Crippen LogP contribution in [0.4, 0.5) is 0 Å². The molecular formula is C8H13NO4. The summed E-state index contributed by atoms with van der Waals surface area (Å²) >= 11 is 0. The lowest BCUT2D eigenvalue weighted by Gasteiger charge is -2.05. The minimum absolute atomic E-state index is 0.292. The van der Waals surface area contributed by atoms with E-state index < -0.39 is 12.3 Å². The van der Waals surface area contributed by atoms with Gasteiger partial charge in [0.2, 0.25) is 6.29 Å². The Morgan fingerprint density at radius 1 is 1.62 bits per heavy atom. The van der Waals surface area contributed by atoms with Crippen LogP contribution in [0.2, 0.25) is 0 Å². The van der Waals surface area contributed by atoms with Gasteiger partial charge in [0.1, 0.15) is 0 Å². The van der Waals surface area contributed by atoms with Crippen LogP contribution in [0.3, 0.4) is 0 Å². The summed E-state index contributed by atoms with van der Waals surface area (Å²) in [5.41, 5.74) is 0.292. The summed E-state index contributed by atoms with van der Waals surface area (Å²) in [6.45, 7) is 4.48. The van der Waals surface area contributed by atoms with E-state index in [0.29, 0.717) is 25.3 Å². The van der Waals surface area contributed by atoms with Gasteiger partial charge in [-0.25, -0.2) is 4.79 Å². The molecule has 0 radical (unpaired) electrons.